The minimum atomic E-state index is -1.55. The van der Waals surface area contributed by atoms with Crippen molar-refractivity contribution in [3.63, 3.8) is 0 Å². The third kappa shape index (κ3) is 2.59. The van der Waals surface area contributed by atoms with Crippen LogP contribution in [0.25, 0.3) is 0 Å². The molecule has 0 aliphatic rings. The molecule has 2 nitrogen and oxygen atoms in total. The van der Waals surface area contributed by atoms with Crippen LogP contribution in [-0.4, -0.2) is 7.11 Å². The lowest BCUT2D eigenvalue weighted by atomic mass is 9.98. The van der Waals surface area contributed by atoms with Crippen LogP contribution in [0.15, 0.2) is 30.3 Å². The van der Waals surface area contributed by atoms with Crippen LogP contribution in [0.5, 0.6) is 5.75 Å². The number of hydrogen-bond acceptors (Lipinski definition) is 2. The lowest BCUT2D eigenvalue weighted by molar-refractivity contribution is 0.405. The van der Waals surface area contributed by atoms with Gasteiger partial charge in [-0.3, -0.25) is 0 Å². The fourth-order valence-electron chi connectivity index (χ4n) is 1.89. The molecule has 0 heterocycles. The fourth-order valence-corrected chi connectivity index (χ4v) is 2.05. The topological polar surface area (TPSA) is 35.2 Å². The van der Waals surface area contributed by atoms with Crippen LogP contribution in [0.3, 0.4) is 0 Å². The average molecular weight is 302 g/mol. The highest BCUT2D eigenvalue weighted by molar-refractivity contribution is 6.30. The van der Waals surface area contributed by atoms with Gasteiger partial charge in [0.1, 0.15) is 5.75 Å². The molecule has 1 unspecified atom stereocenters. The van der Waals surface area contributed by atoms with Crippen LogP contribution in [-0.2, 0) is 0 Å². The van der Waals surface area contributed by atoms with Crippen molar-refractivity contribution >= 4 is 11.6 Å². The summed E-state index contributed by atoms with van der Waals surface area (Å²) < 4.78 is 45.0. The van der Waals surface area contributed by atoms with Gasteiger partial charge in [0.05, 0.1) is 13.2 Å². The Kier molecular flexibility index (Phi) is 4.20. The molecule has 0 saturated carbocycles. The zero-order valence-corrected chi connectivity index (χ0v) is 11.2. The van der Waals surface area contributed by atoms with Gasteiger partial charge in [0.25, 0.3) is 0 Å². The third-order valence-corrected chi connectivity index (χ3v) is 3.17. The van der Waals surface area contributed by atoms with E-state index in [-0.39, 0.29) is 5.56 Å². The monoisotopic (exact) mass is 301 g/mol. The van der Waals surface area contributed by atoms with E-state index in [1.807, 2.05) is 0 Å². The van der Waals surface area contributed by atoms with Crippen molar-refractivity contribution in [2.45, 2.75) is 6.04 Å². The second-order valence-corrected chi connectivity index (χ2v) is 4.56. The fraction of sp³-hybridized carbons (Fsp3) is 0.143. The van der Waals surface area contributed by atoms with Crippen molar-refractivity contribution < 1.29 is 17.9 Å². The van der Waals surface area contributed by atoms with Crippen LogP contribution >= 0.6 is 11.6 Å². The Labute approximate surface area is 118 Å². The molecule has 2 aromatic carbocycles. The maximum atomic E-state index is 13.8. The highest BCUT2D eigenvalue weighted by atomic mass is 35.5. The van der Waals surface area contributed by atoms with E-state index < -0.39 is 23.5 Å². The first kappa shape index (κ1) is 14.7. The Hall–Kier alpha value is -1.72. The number of methoxy groups -OCH3 is 1. The Balaban J connectivity index is 2.52. The minimum absolute atomic E-state index is 0.162. The average Bonchev–Trinajstić information content (AvgIpc) is 2.44. The van der Waals surface area contributed by atoms with Crippen molar-refractivity contribution in [1.29, 1.82) is 0 Å². The normalized spacial score (nSPS) is 12.3. The summed E-state index contributed by atoms with van der Waals surface area (Å²) >= 11 is 5.82. The van der Waals surface area contributed by atoms with E-state index in [1.54, 1.807) is 12.1 Å². The van der Waals surface area contributed by atoms with E-state index in [0.717, 1.165) is 12.1 Å². The quantitative estimate of drug-likeness (QED) is 0.875. The van der Waals surface area contributed by atoms with Crippen LogP contribution in [0.4, 0.5) is 13.2 Å². The molecular formula is C14H11ClF3NO. The van der Waals surface area contributed by atoms with Crippen LogP contribution < -0.4 is 10.5 Å². The van der Waals surface area contributed by atoms with Crippen LogP contribution in [0.2, 0.25) is 5.02 Å². The van der Waals surface area contributed by atoms with Gasteiger partial charge in [-0.2, -0.15) is 0 Å². The van der Waals surface area contributed by atoms with Gasteiger partial charge < -0.3 is 10.5 Å². The lowest BCUT2D eigenvalue weighted by Gasteiger charge is -2.17. The molecule has 2 aromatic rings. The van der Waals surface area contributed by atoms with Gasteiger partial charge in [-0.05, 0) is 18.2 Å². The van der Waals surface area contributed by atoms with Gasteiger partial charge in [0, 0.05) is 16.1 Å². The first-order valence-electron chi connectivity index (χ1n) is 5.68. The summed E-state index contributed by atoms with van der Waals surface area (Å²) in [5.74, 6) is -3.78. The highest BCUT2D eigenvalue weighted by Crippen LogP contribution is 2.32. The smallest absolute Gasteiger partial charge is 0.194 e. The number of hydrogen-bond donors (Lipinski definition) is 1. The van der Waals surface area contributed by atoms with Gasteiger partial charge >= 0.3 is 0 Å². The summed E-state index contributed by atoms with van der Waals surface area (Å²) in [7, 11) is 1.41. The maximum absolute atomic E-state index is 13.8. The first-order chi connectivity index (χ1) is 9.45. The van der Waals surface area contributed by atoms with E-state index in [0.29, 0.717) is 16.3 Å². The van der Waals surface area contributed by atoms with E-state index >= 15 is 0 Å². The summed E-state index contributed by atoms with van der Waals surface area (Å²) in [5, 5.41) is 0.420. The number of halogens is 4. The molecule has 0 amide bonds. The maximum Gasteiger partial charge on any atom is 0.194 e. The molecule has 2 rings (SSSR count). The van der Waals surface area contributed by atoms with Crippen molar-refractivity contribution in [3.05, 3.63) is 63.9 Å². The molecule has 20 heavy (non-hydrogen) atoms. The molecule has 0 spiro atoms. The molecule has 0 aromatic heterocycles. The number of benzene rings is 2. The largest absolute Gasteiger partial charge is 0.496 e. The standard InChI is InChI=1S/C14H11ClF3NO/c1-20-11-6-7(15)2-3-8(11)14(19)9-4-5-10(16)13(18)12(9)17/h2-6,14H,19H2,1H3. The molecule has 0 saturated heterocycles. The Morgan fingerprint density at radius 3 is 2.35 bits per heavy atom. The van der Waals surface area contributed by atoms with Crippen LogP contribution in [0.1, 0.15) is 17.2 Å². The molecule has 0 radical (unpaired) electrons. The van der Waals surface area contributed by atoms with Crippen molar-refractivity contribution in [1.82, 2.24) is 0 Å². The summed E-state index contributed by atoms with van der Waals surface area (Å²) in [6, 6.07) is 5.54. The summed E-state index contributed by atoms with van der Waals surface area (Å²) in [5.41, 5.74) is 6.17. The first-order valence-corrected chi connectivity index (χ1v) is 6.06. The molecule has 0 aliphatic carbocycles. The molecule has 2 N–H and O–H groups in total. The Bertz CT molecular complexity index is 649. The number of nitrogens with two attached hydrogens (primary N) is 1. The SMILES string of the molecule is COc1cc(Cl)ccc1C(N)c1ccc(F)c(F)c1F. The van der Waals surface area contributed by atoms with Crippen molar-refractivity contribution in [2.75, 3.05) is 7.11 Å². The molecule has 1 atom stereocenters. The van der Waals surface area contributed by atoms with Gasteiger partial charge in [-0.15, -0.1) is 0 Å². The number of rotatable bonds is 3. The van der Waals surface area contributed by atoms with E-state index in [4.69, 9.17) is 22.1 Å². The molecular weight excluding hydrogens is 291 g/mol. The van der Waals surface area contributed by atoms with Crippen LogP contribution in [0, 0.1) is 17.5 Å². The number of ether oxygens (including phenoxy) is 1. The van der Waals surface area contributed by atoms with E-state index in [1.165, 1.54) is 13.2 Å². The summed E-state index contributed by atoms with van der Waals surface area (Å²) in [6.07, 6.45) is 0. The van der Waals surface area contributed by atoms with E-state index in [2.05, 4.69) is 0 Å². The predicted molar refractivity (Wildman–Crippen MR) is 70.4 cm³/mol. The summed E-state index contributed by atoms with van der Waals surface area (Å²) in [6.45, 7) is 0. The van der Waals surface area contributed by atoms with Gasteiger partial charge in [0.15, 0.2) is 17.5 Å². The second kappa shape index (κ2) is 5.73. The molecule has 0 aliphatic heterocycles. The molecule has 106 valence electrons. The molecule has 6 heteroatoms. The zero-order chi connectivity index (χ0) is 14.9. The van der Waals surface area contributed by atoms with Gasteiger partial charge in [0.2, 0.25) is 0 Å². The zero-order valence-electron chi connectivity index (χ0n) is 10.5. The van der Waals surface area contributed by atoms with Gasteiger partial charge in [-0.25, -0.2) is 13.2 Å². The second-order valence-electron chi connectivity index (χ2n) is 4.13. The highest BCUT2D eigenvalue weighted by Gasteiger charge is 2.21. The predicted octanol–water partition coefficient (Wildman–Crippen LogP) is 3.81. The molecule has 0 fully saturated rings. The van der Waals surface area contributed by atoms with Gasteiger partial charge in [-0.1, -0.05) is 23.7 Å². The Morgan fingerprint density at radius 2 is 1.70 bits per heavy atom. The Morgan fingerprint density at radius 1 is 1.05 bits per heavy atom. The third-order valence-electron chi connectivity index (χ3n) is 2.93. The summed E-state index contributed by atoms with van der Waals surface area (Å²) in [4.78, 5) is 0. The lowest BCUT2D eigenvalue weighted by Crippen LogP contribution is -2.16. The minimum Gasteiger partial charge on any atom is -0.496 e. The molecule has 0 bridgehead atoms. The van der Waals surface area contributed by atoms with Crippen molar-refractivity contribution in [2.24, 2.45) is 5.73 Å². The van der Waals surface area contributed by atoms with E-state index in [9.17, 15) is 13.2 Å². The van der Waals surface area contributed by atoms with Crippen molar-refractivity contribution in [3.8, 4) is 5.75 Å².